The summed E-state index contributed by atoms with van der Waals surface area (Å²) in [5.41, 5.74) is 12.1. The first-order valence-electron chi connectivity index (χ1n) is 18.1. The molecule has 0 amide bonds. The molecule has 1 aliphatic carbocycles. The van der Waals surface area contributed by atoms with E-state index in [1.807, 2.05) is 0 Å². The molecule has 3 aliphatic rings. The highest BCUT2D eigenvalue weighted by Gasteiger charge is 2.44. The molecule has 0 saturated heterocycles. The van der Waals surface area contributed by atoms with Crippen LogP contribution in [0.15, 0.2) is 88.8 Å². The Kier molecular flexibility index (Phi) is 13.7. The van der Waals surface area contributed by atoms with E-state index in [1.165, 1.54) is 33.8 Å². The zero-order valence-electron chi connectivity index (χ0n) is 30.9. The Bertz CT molecular complexity index is 1620. The minimum Gasteiger partial charge on any atom is -0.382 e. The first-order valence-corrected chi connectivity index (χ1v) is 18.5. The van der Waals surface area contributed by atoms with Crippen LogP contribution in [0.25, 0.3) is 0 Å². The maximum atomic E-state index is 7.25. The summed E-state index contributed by atoms with van der Waals surface area (Å²) in [6.45, 7) is 15.4. The molecule has 2 aliphatic heterocycles. The van der Waals surface area contributed by atoms with Crippen LogP contribution in [0.1, 0.15) is 58.1 Å². The number of methoxy groups -OCH3 is 2. The normalized spacial score (nSPS) is 19.4. The molecule has 2 aromatic carbocycles. The molecule has 8 heteroatoms. The predicted octanol–water partition coefficient (Wildman–Crippen LogP) is 8.09. The van der Waals surface area contributed by atoms with E-state index in [0.717, 1.165) is 43.1 Å². The molecule has 0 aromatic heterocycles. The summed E-state index contributed by atoms with van der Waals surface area (Å²) < 4.78 is 30.0. The molecule has 7 nitrogen and oxygen atoms in total. The lowest BCUT2D eigenvalue weighted by Crippen LogP contribution is -2.29. The average Bonchev–Trinajstić information content (AvgIpc) is 3.46. The van der Waals surface area contributed by atoms with Crippen molar-refractivity contribution in [3.8, 4) is 0 Å². The van der Waals surface area contributed by atoms with Gasteiger partial charge in [0.15, 0.2) is 12.3 Å². The fraction of sp³-hybridized carbons (Fsp3) is 0.524. The van der Waals surface area contributed by atoms with Crippen LogP contribution >= 0.6 is 11.6 Å². The van der Waals surface area contributed by atoms with Crippen molar-refractivity contribution in [3.63, 3.8) is 0 Å². The van der Waals surface area contributed by atoms with E-state index in [0.29, 0.717) is 52.9 Å². The van der Waals surface area contributed by atoms with Crippen molar-refractivity contribution in [2.45, 2.75) is 57.8 Å². The summed E-state index contributed by atoms with van der Waals surface area (Å²) in [6, 6.07) is 17.4. The Morgan fingerprint density at radius 3 is 2.18 bits per heavy atom. The molecule has 0 bridgehead atoms. The van der Waals surface area contributed by atoms with Crippen LogP contribution < -0.4 is 4.90 Å². The largest absolute Gasteiger partial charge is 0.382 e. The lowest BCUT2D eigenvalue weighted by Gasteiger charge is -2.26. The standard InChI is InChI=1S/C42H56ClN2O5/c1-41(2)34-14-7-9-16-36(34)44(22-24-48-28-26-46-5)38(41)20-18-32-12-11-13-33(40(32)43)19-21-39-42(3,4)35-15-8-10-17-37(35)45(39)23-25-49-30-31-50-29-27-47-6/h7-10,14-19,21,32H,11-13,22-31H2,1-6H3/q+1/b21-19+. The van der Waals surface area contributed by atoms with Gasteiger partial charge >= 0.3 is 0 Å². The molecule has 5 rings (SSSR count). The summed E-state index contributed by atoms with van der Waals surface area (Å²) in [5, 5.41) is 0.917. The van der Waals surface area contributed by atoms with E-state index >= 15 is 0 Å². The van der Waals surface area contributed by atoms with Crippen LogP contribution in [-0.4, -0.2) is 90.5 Å². The van der Waals surface area contributed by atoms with Gasteiger partial charge in [-0.05, 0) is 70.2 Å². The van der Waals surface area contributed by atoms with Gasteiger partial charge in [0.2, 0.25) is 5.69 Å². The zero-order chi connectivity index (χ0) is 35.6. The van der Waals surface area contributed by atoms with Gasteiger partial charge in [-0.2, -0.15) is 4.58 Å². The lowest BCUT2D eigenvalue weighted by atomic mass is 9.81. The van der Waals surface area contributed by atoms with Crippen molar-refractivity contribution in [1.29, 1.82) is 0 Å². The van der Waals surface area contributed by atoms with Gasteiger partial charge in [0, 0.05) is 60.5 Å². The maximum absolute atomic E-state index is 7.25. The monoisotopic (exact) mass is 703 g/mol. The van der Waals surface area contributed by atoms with Gasteiger partial charge in [-0.1, -0.05) is 54.1 Å². The van der Waals surface area contributed by atoms with E-state index in [-0.39, 0.29) is 16.7 Å². The molecular weight excluding hydrogens is 648 g/mol. The van der Waals surface area contributed by atoms with Crippen LogP contribution in [0.5, 0.6) is 0 Å². The zero-order valence-corrected chi connectivity index (χ0v) is 31.7. The molecule has 0 radical (unpaired) electrons. The average molecular weight is 704 g/mol. The van der Waals surface area contributed by atoms with E-state index < -0.39 is 0 Å². The minimum atomic E-state index is -0.183. The third-order valence-corrected chi connectivity index (χ3v) is 10.7. The molecule has 0 N–H and O–H groups in total. The van der Waals surface area contributed by atoms with E-state index in [1.54, 1.807) is 14.2 Å². The molecule has 0 spiro atoms. The van der Waals surface area contributed by atoms with Crippen molar-refractivity contribution < 1.29 is 28.3 Å². The molecular formula is C42H56ClN2O5+. The second-order valence-corrected chi connectivity index (χ2v) is 14.6. The van der Waals surface area contributed by atoms with Crippen molar-refractivity contribution in [3.05, 3.63) is 99.9 Å². The quantitative estimate of drug-likeness (QED) is 0.0889. The third-order valence-electron chi connectivity index (χ3n) is 10.1. The Morgan fingerprint density at radius 2 is 1.44 bits per heavy atom. The molecule has 0 saturated carbocycles. The number of benzene rings is 2. The van der Waals surface area contributed by atoms with Crippen LogP contribution in [0.2, 0.25) is 0 Å². The summed E-state index contributed by atoms with van der Waals surface area (Å²) in [5.74, 6) is 0.117. The Hall–Kier alpha value is -3.00. The van der Waals surface area contributed by atoms with Crippen LogP contribution in [0.4, 0.5) is 11.4 Å². The Morgan fingerprint density at radius 1 is 0.800 bits per heavy atom. The SMILES string of the molecule is COCCOCCOCC[N+]1=C(/C=C/C2=C(Cl)C(C=C=C3N(CCOCCOC)c4ccccc4C3(C)C)CCC2)C(C)(C)c2ccccc21. The fourth-order valence-electron chi connectivity index (χ4n) is 7.39. The molecule has 1 unspecified atom stereocenters. The van der Waals surface area contributed by atoms with Crippen molar-refractivity contribution in [2.24, 2.45) is 5.92 Å². The highest BCUT2D eigenvalue weighted by atomic mass is 35.5. The highest BCUT2D eigenvalue weighted by Crippen LogP contribution is 2.47. The second-order valence-electron chi connectivity index (χ2n) is 14.2. The fourth-order valence-corrected chi connectivity index (χ4v) is 7.72. The van der Waals surface area contributed by atoms with Gasteiger partial charge in [0.1, 0.15) is 6.61 Å². The van der Waals surface area contributed by atoms with E-state index in [4.69, 9.17) is 35.3 Å². The van der Waals surface area contributed by atoms with Crippen LogP contribution in [0, 0.1) is 5.92 Å². The number of nitrogens with zero attached hydrogens (tertiary/aromatic N) is 2. The van der Waals surface area contributed by atoms with Gasteiger partial charge in [-0.3, -0.25) is 0 Å². The first-order chi connectivity index (χ1) is 24.2. The van der Waals surface area contributed by atoms with Crippen molar-refractivity contribution in [2.75, 3.05) is 85.1 Å². The predicted molar refractivity (Wildman–Crippen MR) is 203 cm³/mol. The number of allylic oxidation sites excluding steroid dienone is 5. The molecule has 270 valence electrons. The van der Waals surface area contributed by atoms with Crippen molar-refractivity contribution >= 4 is 28.7 Å². The molecule has 50 heavy (non-hydrogen) atoms. The molecule has 0 fully saturated rings. The van der Waals surface area contributed by atoms with Crippen LogP contribution in [0.3, 0.4) is 0 Å². The number of para-hydroxylation sites is 2. The third kappa shape index (κ3) is 8.71. The number of rotatable bonds is 18. The number of anilines is 1. The van der Waals surface area contributed by atoms with Gasteiger partial charge in [-0.25, -0.2) is 0 Å². The summed E-state index contributed by atoms with van der Waals surface area (Å²) in [7, 11) is 3.38. The molecule has 2 aromatic rings. The van der Waals surface area contributed by atoms with E-state index in [2.05, 4.69) is 110 Å². The summed E-state index contributed by atoms with van der Waals surface area (Å²) in [6.07, 6.45) is 9.81. The highest BCUT2D eigenvalue weighted by molar-refractivity contribution is 6.30. The van der Waals surface area contributed by atoms with Crippen molar-refractivity contribution in [1.82, 2.24) is 0 Å². The van der Waals surface area contributed by atoms with Gasteiger partial charge < -0.3 is 28.6 Å². The van der Waals surface area contributed by atoms with Crippen LogP contribution in [-0.2, 0) is 34.5 Å². The topological polar surface area (TPSA) is 52.4 Å². The minimum absolute atomic E-state index is 0.117. The maximum Gasteiger partial charge on any atom is 0.209 e. The first kappa shape index (κ1) is 38.2. The van der Waals surface area contributed by atoms with Gasteiger partial charge in [-0.15, -0.1) is 5.73 Å². The smallest absolute Gasteiger partial charge is 0.209 e. The summed E-state index contributed by atoms with van der Waals surface area (Å²) >= 11 is 7.25. The molecule has 2 heterocycles. The number of fused-ring (bicyclic) bond motifs is 2. The molecule has 1 atom stereocenters. The Balaban J connectivity index is 1.37. The van der Waals surface area contributed by atoms with Gasteiger partial charge in [0.25, 0.3) is 0 Å². The Labute approximate surface area is 304 Å². The number of hydrogen-bond donors (Lipinski definition) is 0. The number of hydrogen-bond acceptors (Lipinski definition) is 6. The number of ether oxygens (including phenoxy) is 5. The van der Waals surface area contributed by atoms with Gasteiger partial charge in [0.05, 0.1) is 57.4 Å². The number of halogens is 1. The second kappa shape index (κ2) is 18.0. The van der Waals surface area contributed by atoms with E-state index in [9.17, 15) is 0 Å². The lowest BCUT2D eigenvalue weighted by molar-refractivity contribution is -0.442. The summed E-state index contributed by atoms with van der Waals surface area (Å²) in [4.78, 5) is 2.36.